The maximum absolute atomic E-state index is 10.8. The largest absolute Gasteiger partial charge is 0.493 e. The molecule has 0 saturated carbocycles. The van der Waals surface area contributed by atoms with Crippen LogP contribution in [0.1, 0.15) is 16.7 Å². The molecule has 0 atom stereocenters. The van der Waals surface area contributed by atoms with E-state index in [4.69, 9.17) is 9.47 Å². The smallest absolute Gasteiger partial charge is 0.269 e. The molecule has 6 nitrogen and oxygen atoms in total. The van der Waals surface area contributed by atoms with Crippen LogP contribution in [0.3, 0.4) is 0 Å². The summed E-state index contributed by atoms with van der Waals surface area (Å²) in [6.07, 6.45) is 2.28. The van der Waals surface area contributed by atoms with E-state index >= 15 is 0 Å². The fraction of sp³-hybridized carbons (Fsp3) is 0.222. The number of nitrogens with zero attached hydrogens (tertiary/aromatic N) is 1. The minimum atomic E-state index is -0.441. The number of hydrogen-bond donors (Lipinski definition) is 1. The highest BCUT2D eigenvalue weighted by atomic mass is 16.6. The second-order valence-electron chi connectivity index (χ2n) is 5.15. The molecule has 2 aromatic rings. The van der Waals surface area contributed by atoms with E-state index in [1.807, 2.05) is 6.07 Å². The summed E-state index contributed by atoms with van der Waals surface area (Å²) in [5.74, 6) is 1.05. The summed E-state index contributed by atoms with van der Waals surface area (Å²) in [7, 11) is 1.52. The number of methoxy groups -OCH3 is 1. The number of nitro benzene ring substituents is 1. The molecule has 0 bridgehead atoms. The van der Waals surface area contributed by atoms with E-state index in [9.17, 15) is 15.2 Å². The zero-order chi connectivity index (χ0) is 17.5. The SMILES string of the molecule is C=CCc1cc(CO)cc(OC)c1OCc1cccc([N+](=O)[O-])c1. The first kappa shape index (κ1) is 17.5. The van der Waals surface area contributed by atoms with E-state index in [0.29, 0.717) is 29.0 Å². The molecular weight excluding hydrogens is 310 g/mol. The molecule has 0 aliphatic heterocycles. The summed E-state index contributed by atoms with van der Waals surface area (Å²) in [4.78, 5) is 10.4. The van der Waals surface area contributed by atoms with E-state index in [1.165, 1.54) is 19.2 Å². The van der Waals surface area contributed by atoms with Crippen molar-refractivity contribution in [2.24, 2.45) is 0 Å². The van der Waals surface area contributed by atoms with E-state index in [2.05, 4.69) is 6.58 Å². The minimum absolute atomic E-state index is 0.0185. The van der Waals surface area contributed by atoms with Crippen LogP contribution in [0.15, 0.2) is 49.1 Å². The number of ether oxygens (including phenoxy) is 2. The van der Waals surface area contributed by atoms with Crippen molar-refractivity contribution in [2.75, 3.05) is 7.11 Å². The van der Waals surface area contributed by atoms with Gasteiger partial charge in [0.25, 0.3) is 5.69 Å². The number of hydrogen-bond acceptors (Lipinski definition) is 5. The summed E-state index contributed by atoms with van der Waals surface area (Å²) < 4.78 is 11.2. The third kappa shape index (κ3) is 4.11. The van der Waals surface area contributed by atoms with Crippen LogP contribution in [-0.4, -0.2) is 17.1 Å². The molecule has 24 heavy (non-hydrogen) atoms. The van der Waals surface area contributed by atoms with Crippen molar-refractivity contribution < 1.29 is 19.5 Å². The number of benzene rings is 2. The Kier molecular flexibility index (Phi) is 5.92. The number of rotatable bonds is 8. The molecule has 0 aliphatic carbocycles. The second-order valence-corrected chi connectivity index (χ2v) is 5.15. The van der Waals surface area contributed by atoms with Crippen LogP contribution in [0.4, 0.5) is 5.69 Å². The Labute approximate surface area is 140 Å². The van der Waals surface area contributed by atoms with Gasteiger partial charge in [0.2, 0.25) is 0 Å². The van der Waals surface area contributed by atoms with Gasteiger partial charge in [0.1, 0.15) is 6.61 Å². The summed E-state index contributed by atoms with van der Waals surface area (Å²) in [6.45, 7) is 3.79. The van der Waals surface area contributed by atoms with Gasteiger partial charge in [-0.25, -0.2) is 0 Å². The van der Waals surface area contributed by atoms with Gasteiger partial charge in [-0.1, -0.05) is 18.2 Å². The van der Waals surface area contributed by atoms with Crippen molar-refractivity contribution >= 4 is 5.69 Å². The summed E-state index contributed by atoms with van der Waals surface area (Å²) in [5, 5.41) is 20.2. The van der Waals surface area contributed by atoms with Crippen LogP contribution in [0.5, 0.6) is 11.5 Å². The van der Waals surface area contributed by atoms with Gasteiger partial charge in [0, 0.05) is 17.7 Å². The maximum atomic E-state index is 10.8. The Bertz CT molecular complexity index is 742. The van der Waals surface area contributed by atoms with Crippen LogP contribution in [-0.2, 0) is 19.6 Å². The van der Waals surface area contributed by atoms with Crippen molar-refractivity contribution in [1.29, 1.82) is 0 Å². The third-order valence-corrected chi connectivity index (χ3v) is 3.46. The molecule has 0 spiro atoms. The lowest BCUT2D eigenvalue weighted by molar-refractivity contribution is -0.384. The highest BCUT2D eigenvalue weighted by molar-refractivity contribution is 5.50. The van der Waals surface area contributed by atoms with Crippen molar-refractivity contribution in [1.82, 2.24) is 0 Å². The average molecular weight is 329 g/mol. The Morgan fingerprint density at radius 1 is 1.29 bits per heavy atom. The minimum Gasteiger partial charge on any atom is -0.493 e. The fourth-order valence-corrected chi connectivity index (χ4v) is 2.35. The zero-order valence-corrected chi connectivity index (χ0v) is 13.4. The van der Waals surface area contributed by atoms with Crippen LogP contribution in [0, 0.1) is 10.1 Å². The first-order chi connectivity index (χ1) is 11.6. The van der Waals surface area contributed by atoms with Crippen LogP contribution in [0.25, 0.3) is 0 Å². The molecule has 2 rings (SSSR count). The number of allylic oxidation sites excluding steroid dienone is 1. The Hall–Kier alpha value is -2.86. The number of aliphatic hydroxyl groups excluding tert-OH is 1. The lowest BCUT2D eigenvalue weighted by atomic mass is 10.1. The summed E-state index contributed by atoms with van der Waals surface area (Å²) in [5.41, 5.74) is 2.25. The Balaban J connectivity index is 2.29. The molecule has 126 valence electrons. The van der Waals surface area contributed by atoms with Crippen molar-refractivity contribution in [3.63, 3.8) is 0 Å². The van der Waals surface area contributed by atoms with Crippen molar-refractivity contribution in [3.8, 4) is 11.5 Å². The van der Waals surface area contributed by atoms with E-state index in [0.717, 1.165) is 5.56 Å². The van der Waals surface area contributed by atoms with E-state index in [1.54, 1.807) is 24.3 Å². The number of aliphatic hydroxyl groups is 1. The zero-order valence-electron chi connectivity index (χ0n) is 13.4. The van der Waals surface area contributed by atoms with Gasteiger partial charge < -0.3 is 14.6 Å². The first-order valence-electron chi connectivity index (χ1n) is 7.36. The fourth-order valence-electron chi connectivity index (χ4n) is 2.35. The molecule has 0 aliphatic rings. The molecule has 0 heterocycles. The van der Waals surface area contributed by atoms with Gasteiger partial charge in [0.05, 0.1) is 18.6 Å². The predicted octanol–water partition coefficient (Wildman–Crippen LogP) is 3.40. The van der Waals surface area contributed by atoms with Crippen LogP contribution in [0.2, 0.25) is 0 Å². The molecular formula is C18H19NO5. The number of non-ortho nitro benzene ring substituents is 1. The molecule has 6 heteroatoms. The molecule has 0 aromatic heterocycles. The monoisotopic (exact) mass is 329 g/mol. The summed E-state index contributed by atoms with van der Waals surface area (Å²) >= 11 is 0. The molecule has 0 saturated heterocycles. The molecule has 0 radical (unpaired) electrons. The highest BCUT2D eigenvalue weighted by Crippen LogP contribution is 2.34. The van der Waals surface area contributed by atoms with Gasteiger partial charge in [-0.2, -0.15) is 0 Å². The van der Waals surface area contributed by atoms with Crippen molar-refractivity contribution in [3.05, 3.63) is 75.9 Å². The molecule has 0 unspecified atom stereocenters. The molecule has 1 N–H and O–H groups in total. The van der Waals surface area contributed by atoms with Gasteiger partial charge in [-0.15, -0.1) is 6.58 Å². The first-order valence-corrected chi connectivity index (χ1v) is 7.36. The van der Waals surface area contributed by atoms with E-state index < -0.39 is 4.92 Å². The number of nitro groups is 1. The molecule has 0 amide bonds. The maximum Gasteiger partial charge on any atom is 0.269 e. The van der Waals surface area contributed by atoms with Crippen LogP contribution >= 0.6 is 0 Å². The van der Waals surface area contributed by atoms with Crippen LogP contribution < -0.4 is 9.47 Å². The predicted molar refractivity (Wildman–Crippen MR) is 90.2 cm³/mol. The Morgan fingerprint density at radius 2 is 2.08 bits per heavy atom. The third-order valence-electron chi connectivity index (χ3n) is 3.46. The van der Waals surface area contributed by atoms with Gasteiger partial charge in [-0.05, 0) is 29.7 Å². The highest BCUT2D eigenvalue weighted by Gasteiger charge is 2.13. The topological polar surface area (TPSA) is 81.8 Å². The van der Waals surface area contributed by atoms with Crippen molar-refractivity contribution in [2.45, 2.75) is 19.6 Å². The van der Waals surface area contributed by atoms with Gasteiger partial charge >= 0.3 is 0 Å². The normalized spacial score (nSPS) is 10.2. The lowest BCUT2D eigenvalue weighted by Gasteiger charge is -2.16. The standard InChI is InChI=1S/C18H19NO5/c1-3-5-15-8-14(11-20)10-17(23-2)18(15)24-12-13-6-4-7-16(9-13)19(21)22/h3-4,6-10,20H,1,5,11-12H2,2H3. The quantitative estimate of drug-likeness (QED) is 0.456. The van der Waals surface area contributed by atoms with E-state index in [-0.39, 0.29) is 18.9 Å². The van der Waals surface area contributed by atoms with Gasteiger partial charge in [0.15, 0.2) is 11.5 Å². The second kappa shape index (κ2) is 8.12. The Morgan fingerprint density at radius 3 is 2.71 bits per heavy atom. The molecule has 0 fully saturated rings. The lowest BCUT2D eigenvalue weighted by Crippen LogP contribution is -2.03. The average Bonchev–Trinajstić information content (AvgIpc) is 2.60. The molecule has 2 aromatic carbocycles. The van der Waals surface area contributed by atoms with Gasteiger partial charge in [-0.3, -0.25) is 10.1 Å². The summed E-state index contributed by atoms with van der Waals surface area (Å²) in [6, 6.07) is 9.82.